The number of aryl methyl sites for hydroxylation is 1. The van der Waals surface area contributed by atoms with Gasteiger partial charge in [-0.3, -0.25) is 20.6 Å². The van der Waals surface area contributed by atoms with E-state index in [0.29, 0.717) is 12.1 Å². The number of anilines is 1. The summed E-state index contributed by atoms with van der Waals surface area (Å²) in [6.07, 6.45) is 7.41. The lowest BCUT2D eigenvalue weighted by Gasteiger charge is -2.20. The van der Waals surface area contributed by atoms with Gasteiger partial charge in [-0.05, 0) is 61.5 Å². The predicted octanol–water partition coefficient (Wildman–Crippen LogP) is 3.32. The number of furan rings is 1. The predicted molar refractivity (Wildman–Crippen MR) is 111 cm³/mol. The van der Waals surface area contributed by atoms with Gasteiger partial charge in [0, 0.05) is 29.2 Å². The molecule has 0 spiro atoms. The van der Waals surface area contributed by atoms with E-state index < -0.39 is 0 Å². The summed E-state index contributed by atoms with van der Waals surface area (Å²) < 4.78 is 5.48. The van der Waals surface area contributed by atoms with E-state index in [1.165, 1.54) is 0 Å². The van der Waals surface area contributed by atoms with E-state index in [4.69, 9.17) is 4.42 Å². The Morgan fingerprint density at radius 1 is 1.10 bits per heavy atom. The van der Waals surface area contributed by atoms with Gasteiger partial charge in [0.1, 0.15) is 17.3 Å². The molecule has 7 nitrogen and oxygen atoms in total. The fourth-order valence-corrected chi connectivity index (χ4v) is 2.89. The smallest absolute Gasteiger partial charge is 0.251 e. The van der Waals surface area contributed by atoms with Crippen LogP contribution in [0.15, 0.2) is 83.3 Å². The summed E-state index contributed by atoms with van der Waals surface area (Å²) in [5.41, 5.74) is 9.51. The summed E-state index contributed by atoms with van der Waals surface area (Å²) in [5, 5.41) is 6.12. The number of pyridine rings is 1. The molecule has 4 rings (SSSR count). The Morgan fingerprint density at radius 2 is 2.03 bits per heavy atom. The Morgan fingerprint density at radius 3 is 2.76 bits per heavy atom. The Hall–Kier alpha value is -4.00. The van der Waals surface area contributed by atoms with Crippen LogP contribution in [0.25, 0.3) is 5.70 Å². The average Bonchev–Trinajstić information content (AvgIpc) is 3.18. The molecule has 29 heavy (non-hydrogen) atoms. The number of amides is 1. The Bertz CT molecular complexity index is 1070. The van der Waals surface area contributed by atoms with Gasteiger partial charge < -0.3 is 15.1 Å². The van der Waals surface area contributed by atoms with Gasteiger partial charge in [-0.2, -0.15) is 0 Å². The third kappa shape index (κ3) is 4.65. The molecule has 0 saturated carbocycles. The third-order valence-corrected chi connectivity index (χ3v) is 4.34. The Labute approximate surface area is 168 Å². The second-order valence-electron chi connectivity index (χ2n) is 6.55. The Balaban J connectivity index is 1.39. The standard InChI is InChI=1S/C22H21N5O2/c1-15-7-8-19(29-15)14-24-22(28)16-4-2-6-18(12-16)25-21-10-9-20(26-27-21)17-5-3-11-23-13-17/h2-13,25-27H,14H2,1H3,(H,24,28). The van der Waals surface area contributed by atoms with Gasteiger partial charge >= 0.3 is 0 Å². The third-order valence-electron chi connectivity index (χ3n) is 4.34. The molecular formula is C22H21N5O2. The fourth-order valence-electron chi connectivity index (χ4n) is 2.89. The van der Waals surface area contributed by atoms with E-state index in [-0.39, 0.29) is 5.91 Å². The summed E-state index contributed by atoms with van der Waals surface area (Å²) in [5.74, 6) is 2.15. The van der Waals surface area contributed by atoms with Crippen LogP contribution in [0.1, 0.15) is 27.4 Å². The molecule has 3 heterocycles. The second-order valence-corrected chi connectivity index (χ2v) is 6.55. The van der Waals surface area contributed by atoms with Gasteiger partial charge in [-0.15, -0.1) is 0 Å². The minimum atomic E-state index is -0.162. The molecular weight excluding hydrogens is 366 g/mol. The number of benzene rings is 1. The molecule has 0 bridgehead atoms. The number of hydrazine groups is 1. The van der Waals surface area contributed by atoms with Crippen LogP contribution in [0.2, 0.25) is 0 Å². The van der Waals surface area contributed by atoms with Crippen LogP contribution in [0.4, 0.5) is 5.69 Å². The van der Waals surface area contributed by atoms with Crippen molar-refractivity contribution < 1.29 is 9.21 Å². The lowest BCUT2D eigenvalue weighted by molar-refractivity contribution is 0.0948. The number of aromatic nitrogens is 1. The molecule has 146 valence electrons. The van der Waals surface area contributed by atoms with Crippen molar-refractivity contribution in [3.8, 4) is 0 Å². The van der Waals surface area contributed by atoms with E-state index in [9.17, 15) is 4.79 Å². The highest BCUT2D eigenvalue weighted by molar-refractivity contribution is 5.95. The van der Waals surface area contributed by atoms with Gasteiger partial charge in [0.05, 0.1) is 12.2 Å². The van der Waals surface area contributed by atoms with Gasteiger partial charge in [0.15, 0.2) is 0 Å². The number of hydrogen-bond donors (Lipinski definition) is 4. The molecule has 1 aliphatic rings. The number of hydrogen-bond acceptors (Lipinski definition) is 6. The molecule has 1 aliphatic heterocycles. The van der Waals surface area contributed by atoms with Gasteiger partial charge in [0.2, 0.25) is 0 Å². The molecule has 0 saturated heterocycles. The maximum Gasteiger partial charge on any atom is 0.251 e. The number of allylic oxidation sites excluding steroid dienone is 2. The highest BCUT2D eigenvalue weighted by atomic mass is 16.3. The zero-order valence-corrected chi connectivity index (χ0v) is 15.9. The summed E-state index contributed by atoms with van der Waals surface area (Å²) in [6.45, 7) is 2.22. The molecule has 0 aliphatic carbocycles. The largest absolute Gasteiger partial charge is 0.465 e. The zero-order chi connectivity index (χ0) is 20.1. The minimum absolute atomic E-state index is 0.162. The number of rotatable bonds is 6. The number of carbonyl (C=O) groups excluding carboxylic acids is 1. The first-order valence-corrected chi connectivity index (χ1v) is 9.22. The van der Waals surface area contributed by atoms with Crippen LogP contribution < -0.4 is 21.5 Å². The summed E-state index contributed by atoms with van der Waals surface area (Å²) >= 11 is 0. The van der Waals surface area contributed by atoms with Crippen LogP contribution in [0.3, 0.4) is 0 Å². The fraction of sp³-hybridized carbons (Fsp3) is 0.0909. The first kappa shape index (κ1) is 18.4. The van der Waals surface area contributed by atoms with Crippen LogP contribution in [0, 0.1) is 6.92 Å². The molecule has 2 aromatic heterocycles. The summed E-state index contributed by atoms with van der Waals surface area (Å²) in [6, 6.07) is 14.9. The van der Waals surface area contributed by atoms with Crippen molar-refractivity contribution in [2.75, 3.05) is 5.32 Å². The van der Waals surface area contributed by atoms with Crippen molar-refractivity contribution >= 4 is 17.3 Å². The molecule has 0 unspecified atom stereocenters. The van der Waals surface area contributed by atoms with E-state index in [2.05, 4.69) is 26.5 Å². The number of nitrogens with zero attached hydrogens (tertiary/aromatic N) is 1. The maximum absolute atomic E-state index is 12.4. The normalized spacial score (nSPS) is 12.9. The van der Waals surface area contributed by atoms with E-state index in [1.54, 1.807) is 24.5 Å². The van der Waals surface area contributed by atoms with Crippen molar-refractivity contribution in [1.29, 1.82) is 0 Å². The molecule has 0 radical (unpaired) electrons. The highest BCUT2D eigenvalue weighted by Gasteiger charge is 2.10. The average molecular weight is 387 g/mol. The van der Waals surface area contributed by atoms with Crippen molar-refractivity contribution in [2.24, 2.45) is 0 Å². The SMILES string of the molecule is Cc1ccc(CNC(=O)c2cccc(NC3=CC=C(c4cccnc4)NN3)c2)o1. The van der Waals surface area contributed by atoms with Gasteiger partial charge in [-0.1, -0.05) is 6.07 Å². The van der Waals surface area contributed by atoms with Gasteiger partial charge in [-0.25, -0.2) is 0 Å². The Kier molecular flexibility index (Phi) is 5.29. The number of nitrogens with one attached hydrogen (secondary N) is 4. The van der Waals surface area contributed by atoms with Gasteiger partial charge in [0.25, 0.3) is 5.91 Å². The molecule has 1 amide bonds. The summed E-state index contributed by atoms with van der Waals surface area (Å²) in [4.78, 5) is 16.6. The monoisotopic (exact) mass is 387 g/mol. The summed E-state index contributed by atoms with van der Waals surface area (Å²) in [7, 11) is 0. The minimum Gasteiger partial charge on any atom is -0.465 e. The van der Waals surface area contributed by atoms with Crippen molar-refractivity contribution in [1.82, 2.24) is 21.2 Å². The maximum atomic E-state index is 12.4. The first-order valence-electron chi connectivity index (χ1n) is 9.22. The topological polar surface area (TPSA) is 91.2 Å². The number of carbonyl (C=O) groups is 1. The zero-order valence-electron chi connectivity index (χ0n) is 15.9. The van der Waals surface area contributed by atoms with E-state index in [1.807, 2.05) is 55.5 Å². The molecule has 4 N–H and O–H groups in total. The lowest BCUT2D eigenvalue weighted by Crippen LogP contribution is -2.35. The molecule has 1 aromatic carbocycles. The van der Waals surface area contributed by atoms with Crippen LogP contribution in [-0.4, -0.2) is 10.9 Å². The van der Waals surface area contributed by atoms with E-state index >= 15 is 0 Å². The highest BCUT2D eigenvalue weighted by Crippen LogP contribution is 2.16. The van der Waals surface area contributed by atoms with E-state index in [0.717, 1.165) is 34.3 Å². The molecule has 7 heteroatoms. The van der Waals surface area contributed by atoms with Crippen LogP contribution in [0.5, 0.6) is 0 Å². The molecule has 0 atom stereocenters. The van der Waals surface area contributed by atoms with Crippen molar-refractivity contribution in [2.45, 2.75) is 13.5 Å². The lowest BCUT2D eigenvalue weighted by atomic mass is 10.1. The quantitative estimate of drug-likeness (QED) is 0.519. The van der Waals surface area contributed by atoms with Crippen LogP contribution in [-0.2, 0) is 6.54 Å². The molecule has 0 fully saturated rings. The first-order chi connectivity index (χ1) is 14.2. The van der Waals surface area contributed by atoms with Crippen molar-refractivity contribution in [3.63, 3.8) is 0 Å². The van der Waals surface area contributed by atoms with Crippen LogP contribution >= 0.6 is 0 Å². The molecule has 3 aromatic rings. The second kappa shape index (κ2) is 8.35. The van der Waals surface area contributed by atoms with Crippen molar-refractivity contribution in [3.05, 3.63) is 102 Å².